The van der Waals surface area contributed by atoms with E-state index in [4.69, 9.17) is 0 Å². The van der Waals surface area contributed by atoms with Crippen LogP contribution in [0.3, 0.4) is 0 Å². The molecule has 0 heterocycles. The van der Waals surface area contributed by atoms with Crippen LogP contribution in [0.2, 0.25) is 0 Å². The van der Waals surface area contributed by atoms with Crippen LogP contribution in [0.5, 0.6) is 0 Å². The van der Waals surface area contributed by atoms with Gasteiger partial charge in [0.1, 0.15) is 0 Å². The number of hydrogen-bond acceptors (Lipinski definition) is 4. The molecule has 0 aromatic heterocycles. The van der Waals surface area contributed by atoms with Gasteiger partial charge in [0, 0.05) is 23.5 Å². The normalized spacial score (nSPS) is 13.7. The number of sulfone groups is 1. The van der Waals surface area contributed by atoms with Crippen molar-refractivity contribution >= 4 is 31.7 Å². The molecule has 0 aliphatic heterocycles. The predicted octanol–water partition coefficient (Wildman–Crippen LogP) is 1.97. The van der Waals surface area contributed by atoms with Gasteiger partial charge in [-0.3, -0.25) is 4.79 Å². The summed E-state index contributed by atoms with van der Waals surface area (Å²) in [5.74, 6) is -0.371. The maximum Gasteiger partial charge on any atom is 0.224 e. The summed E-state index contributed by atoms with van der Waals surface area (Å²) in [5, 5.41) is 5.65. The molecule has 0 bridgehead atoms. The number of carbonyl (C=O) groups excluding carboxylic acids is 1. The fourth-order valence-electron chi connectivity index (χ4n) is 1.90. The highest BCUT2D eigenvalue weighted by Crippen LogP contribution is 2.26. The lowest BCUT2D eigenvalue weighted by Gasteiger charge is -2.26. The maximum absolute atomic E-state index is 12.7. The Bertz CT molecular complexity index is 612. The molecule has 1 aromatic rings. The van der Waals surface area contributed by atoms with Crippen LogP contribution < -0.4 is 10.6 Å². The fraction of sp³-hybridized carbons (Fsp3) is 0.533. The summed E-state index contributed by atoms with van der Waals surface area (Å²) in [5.41, 5.74) is 0. The van der Waals surface area contributed by atoms with Crippen molar-refractivity contribution < 1.29 is 13.2 Å². The molecule has 0 saturated heterocycles. The molecule has 5 nitrogen and oxygen atoms in total. The first-order chi connectivity index (χ1) is 10.1. The Morgan fingerprint density at radius 1 is 1.27 bits per heavy atom. The summed E-state index contributed by atoms with van der Waals surface area (Å²) in [4.78, 5) is 12.2. The van der Waals surface area contributed by atoms with Crippen LogP contribution in [-0.4, -0.2) is 39.2 Å². The number of nitrogens with one attached hydrogen (secondary N) is 2. The SMILES string of the molecule is CNCC(C)C(=O)NCC(C)(C)S(=O)(=O)c1ccc(Br)cc1. The minimum absolute atomic E-state index is 0.0677. The van der Waals surface area contributed by atoms with Gasteiger partial charge < -0.3 is 10.6 Å². The van der Waals surface area contributed by atoms with E-state index in [9.17, 15) is 13.2 Å². The largest absolute Gasteiger partial charge is 0.354 e. The van der Waals surface area contributed by atoms with E-state index < -0.39 is 14.6 Å². The molecular formula is C15H23BrN2O3S. The maximum atomic E-state index is 12.7. The Morgan fingerprint density at radius 2 is 1.82 bits per heavy atom. The number of amides is 1. The van der Waals surface area contributed by atoms with Crippen LogP contribution in [0, 0.1) is 5.92 Å². The van der Waals surface area contributed by atoms with Gasteiger partial charge in [-0.05, 0) is 45.2 Å². The summed E-state index contributed by atoms with van der Waals surface area (Å²) in [6.07, 6.45) is 0. The topological polar surface area (TPSA) is 75.3 Å². The molecule has 0 aliphatic rings. The van der Waals surface area contributed by atoms with Crippen LogP contribution in [0.15, 0.2) is 33.6 Å². The van der Waals surface area contributed by atoms with Crippen molar-refractivity contribution in [1.82, 2.24) is 10.6 Å². The second kappa shape index (κ2) is 7.57. The molecule has 1 atom stereocenters. The third-order valence-electron chi connectivity index (χ3n) is 3.50. The van der Waals surface area contributed by atoms with Gasteiger partial charge >= 0.3 is 0 Å². The fourth-order valence-corrected chi connectivity index (χ4v) is 3.56. The summed E-state index contributed by atoms with van der Waals surface area (Å²) in [7, 11) is -1.77. The highest BCUT2D eigenvalue weighted by Gasteiger charge is 2.36. The zero-order chi connectivity index (χ0) is 17.0. The van der Waals surface area contributed by atoms with E-state index in [0.29, 0.717) is 6.54 Å². The van der Waals surface area contributed by atoms with E-state index >= 15 is 0 Å². The van der Waals surface area contributed by atoms with Gasteiger partial charge in [-0.15, -0.1) is 0 Å². The van der Waals surface area contributed by atoms with Crippen molar-refractivity contribution in [3.63, 3.8) is 0 Å². The van der Waals surface area contributed by atoms with Crippen molar-refractivity contribution in [3.8, 4) is 0 Å². The van der Waals surface area contributed by atoms with Crippen molar-refractivity contribution in [3.05, 3.63) is 28.7 Å². The smallest absolute Gasteiger partial charge is 0.224 e. The van der Waals surface area contributed by atoms with Gasteiger partial charge in [-0.2, -0.15) is 0 Å². The van der Waals surface area contributed by atoms with Gasteiger partial charge in [0.05, 0.1) is 9.64 Å². The molecule has 124 valence electrons. The van der Waals surface area contributed by atoms with Crippen LogP contribution >= 0.6 is 15.9 Å². The molecule has 1 aromatic carbocycles. The van der Waals surface area contributed by atoms with Gasteiger partial charge in [0.25, 0.3) is 0 Å². The van der Waals surface area contributed by atoms with Crippen LogP contribution in [-0.2, 0) is 14.6 Å². The molecule has 0 spiro atoms. The van der Waals surface area contributed by atoms with E-state index in [1.165, 1.54) is 0 Å². The molecule has 0 saturated carbocycles. The number of rotatable bonds is 7. The second-order valence-electron chi connectivity index (χ2n) is 5.89. The molecule has 0 aliphatic carbocycles. The lowest BCUT2D eigenvalue weighted by atomic mass is 10.1. The van der Waals surface area contributed by atoms with Crippen molar-refractivity contribution in [2.45, 2.75) is 30.4 Å². The predicted molar refractivity (Wildman–Crippen MR) is 91.5 cm³/mol. The Labute approximate surface area is 140 Å². The number of benzene rings is 1. The zero-order valence-electron chi connectivity index (χ0n) is 13.3. The first-order valence-electron chi connectivity index (χ1n) is 7.04. The van der Waals surface area contributed by atoms with Crippen molar-refractivity contribution in [2.75, 3.05) is 20.1 Å². The van der Waals surface area contributed by atoms with E-state index in [1.54, 1.807) is 52.1 Å². The van der Waals surface area contributed by atoms with Crippen molar-refractivity contribution in [2.24, 2.45) is 5.92 Å². The van der Waals surface area contributed by atoms with Gasteiger partial charge in [-0.1, -0.05) is 22.9 Å². The minimum Gasteiger partial charge on any atom is -0.354 e. The third kappa shape index (κ3) is 4.54. The molecule has 1 unspecified atom stereocenters. The van der Waals surface area contributed by atoms with Gasteiger partial charge in [0.2, 0.25) is 5.91 Å². The van der Waals surface area contributed by atoms with E-state index in [-0.39, 0.29) is 23.3 Å². The van der Waals surface area contributed by atoms with E-state index in [1.807, 2.05) is 0 Å². The van der Waals surface area contributed by atoms with Gasteiger partial charge in [-0.25, -0.2) is 8.42 Å². The van der Waals surface area contributed by atoms with Crippen LogP contribution in [0.25, 0.3) is 0 Å². The first-order valence-corrected chi connectivity index (χ1v) is 9.32. The molecule has 0 fully saturated rings. The molecule has 2 N–H and O–H groups in total. The Kier molecular flexibility index (Phi) is 6.58. The van der Waals surface area contributed by atoms with Gasteiger partial charge in [0.15, 0.2) is 9.84 Å². The number of hydrogen-bond donors (Lipinski definition) is 2. The Morgan fingerprint density at radius 3 is 2.32 bits per heavy atom. The lowest BCUT2D eigenvalue weighted by Crippen LogP contribution is -2.46. The zero-order valence-corrected chi connectivity index (χ0v) is 15.7. The molecule has 7 heteroatoms. The van der Waals surface area contributed by atoms with Crippen LogP contribution in [0.1, 0.15) is 20.8 Å². The Hall–Kier alpha value is -0.920. The number of carbonyl (C=O) groups is 1. The minimum atomic E-state index is -3.54. The van der Waals surface area contributed by atoms with E-state index in [0.717, 1.165) is 4.47 Å². The quantitative estimate of drug-likeness (QED) is 0.745. The summed E-state index contributed by atoms with van der Waals surface area (Å²) in [6, 6.07) is 6.51. The third-order valence-corrected chi connectivity index (χ3v) is 6.52. The Balaban J connectivity index is 2.84. The number of halogens is 1. The standard InChI is InChI=1S/C15H23BrN2O3S/c1-11(9-17-4)14(19)18-10-15(2,3)22(20,21)13-7-5-12(16)6-8-13/h5-8,11,17H,9-10H2,1-4H3,(H,18,19). The summed E-state index contributed by atoms with van der Waals surface area (Å²) < 4.78 is 25.1. The van der Waals surface area contributed by atoms with E-state index in [2.05, 4.69) is 26.6 Å². The first kappa shape index (κ1) is 19.1. The molecule has 1 rings (SSSR count). The highest BCUT2D eigenvalue weighted by molar-refractivity contribution is 9.10. The monoisotopic (exact) mass is 390 g/mol. The molecule has 0 radical (unpaired) electrons. The molecule has 1 amide bonds. The average Bonchev–Trinajstić information content (AvgIpc) is 2.45. The molecule has 22 heavy (non-hydrogen) atoms. The summed E-state index contributed by atoms with van der Waals surface area (Å²) in [6.45, 7) is 5.65. The lowest BCUT2D eigenvalue weighted by molar-refractivity contribution is -0.124. The highest BCUT2D eigenvalue weighted by atomic mass is 79.9. The second-order valence-corrected chi connectivity index (χ2v) is 9.39. The molecular weight excluding hydrogens is 368 g/mol. The van der Waals surface area contributed by atoms with Crippen molar-refractivity contribution in [1.29, 1.82) is 0 Å². The summed E-state index contributed by atoms with van der Waals surface area (Å²) >= 11 is 3.29. The van der Waals surface area contributed by atoms with Crippen LogP contribution in [0.4, 0.5) is 0 Å². The average molecular weight is 391 g/mol.